The van der Waals surface area contributed by atoms with Crippen molar-refractivity contribution in [1.29, 1.82) is 0 Å². The Kier molecular flexibility index (Phi) is 11.3. The lowest BCUT2D eigenvalue weighted by Gasteiger charge is -2.42. The number of para-hydroxylation sites is 10. The van der Waals surface area contributed by atoms with E-state index in [0.717, 1.165) is 71.9 Å². The van der Waals surface area contributed by atoms with Crippen LogP contribution >= 0.6 is 0 Å². The van der Waals surface area contributed by atoms with E-state index in [4.69, 9.17) is 0 Å². The molecule has 10 aromatic carbocycles. The molecule has 0 N–H and O–H groups in total. The van der Waals surface area contributed by atoms with Gasteiger partial charge in [0.05, 0.1) is 56.6 Å². The topological polar surface area (TPSA) is 13.0 Å². The Hall–Kier alpha value is -9.64. The average Bonchev–Trinajstić information content (AvgIpc) is 4.08. The number of nitrogens with zero attached hydrogens (tertiary/aromatic N) is 4. The first-order valence-electron chi connectivity index (χ1n) is 28.1. The standard InChI is InChI=1S/C75H58N4/c1-2-3-31-57-60-49-48-55(78-69-41-20-18-39-67(69)76(53-27-6-4-7-28-53)68-40-19-21-42-70(68)78)51-65(60)75(63-37-16-13-33-58(63)59-34-14-17-38-64(59)75)62(57)36-15-10-26-52-47-50-66(61-35-12-11-32-56(52)61)79-73-45-24-22-43-71(73)77(54-29-8-5-9-30-54)72-44-23-25-46-74(72)79/h4-14,16-47,50-51H,2-3,15,48-49H2,1H3/b26-10+,57-31-,62-36+. The van der Waals surface area contributed by atoms with Crippen molar-refractivity contribution in [2.45, 2.75) is 44.4 Å². The lowest BCUT2D eigenvalue weighted by Crippen LogP contribution is -2.30. The highest BCUT2D eigenvalue weighted by Crippen LogP contribution is 2.66. The molecule has 3 aliphatic carbocycles. The highest BCUT2D eigenvalue weighted by molar-refractivity contribution is 6.09. The van der Waals surface area contributed by atoms with Gasteiger partial charge in [0.15, 0.2) is 0 Å². The molecule has 0 fully saturated rings. The highest BCUT2D eigenvalue weighted by atomic mass is 15.3. The molecule has 15 rings (SSSR count). The molecule has 0 amide bonds. The van der Waals surface area contributed by atoms with Crippen LogP contribution in [0.3, 0.4) is 0 Å². The predicted molar refractivity (Wildman–Crippen MR) is 332 cm³/mol. The molecule has 1 spiro atoms. The van der Waals surface area contributed by atoms with Crippen molar-refractivity contribution in [3.63, 3.8) is 0 Å². The van der Waals surface area contributed by atoms with Gasteiger partial charge in [0.1, 0.15) is 0 Å². The third-order valence-electron chi connectivity index (χ3n) is 17.0. The van der Waals surface area contributed by atoms with Gasteiger partial charge in [-0.2, -0.15) is 0 Å². The normalized spacial score (nSPS) is 16.5. The largest absolute Gasteiger partial charge is 0.310 e. The quantitative estimate of drug-likeness (QED) is 0.143. The number of fused-ring (bicyclic) bond motifs is 11. The summed E-state index contributed by atoms with van der Waals surface area (Å²) in [6, 6.07) is 89.2. The lowest BCUT2D eigenvalue weighted by atomic mass is 9.68. The molecule has 79 heavy (non-hydrogen) atoms. The van der Waals surface area contributed by atoms with E-state index < -0.39 is 5.41 Å². The minimum Gasteiger partial charge on any atom is -0.310 e. The first-order chi connectivity index (χ1) is 39.2. The summed E-state index contributed by atoms with van der Waals surface area (Å²) in [5.74, 6) is 0. The van der Waals surface area contributed by atoms with Crippen molar-refractivity contribution in [2.75, 3.05) is 19.6 Å². The summed E-state index contributed by atoms with van der Waals surface area (Å²) in [5, 5.41) is 2.44. The molecule has 2 heterocycles. The monoisotopic (exact) mass is 1010 g/mol. The van der Waals surface area contributed by atoms with Gasteiger partial charge in [0.25, 0.3) is 0 Å². The molecule has 5 aliphatic rings. The van der Waals surface area contributed by atoms with E-state index >= 15 is 0 Å². The molecule has 10 aromatic rings. The number of hydrogen-bond acceptors (Lipinski definition) is 4. The van der Waals surface area contributed by atoms with Crippen LogP contribution in [0.25, 0.3) is 28.0 Å². The van der Waals surface area contributed by atoms with Gasteiger partial charge >= 0.3 is 0 Å². The molecule has 0 radical (unpaired) electrons. The molecule has 4 heteroatoms. The Morgan fingerprint density at radius 1 is 0.405 bits per heavy atom. The van der Waals surface area contributed by atoms with Gasteiger partial charge < -0.3 is 19.6 Å². The fourth-order valence-corrected chi connectivity index (χ4v) is 13.8. The Morgan fingerprint density at radius 3 is 1.39 bits per heavy atom. The third-order valence-corrected chi connectivity index (χ3v) is 17.0. The smallest absolute Gasteiger partial charge is 0.0719 e. The summed E-state index contributed by atoms with van der Waals surface area (Å²) >= 11 is 0. The fraction of sp³-hybridized carbons (Fsp3) is 0.0933. The van der Waals surface area contributed by atoms with E-state index in [1.54, 1.807) is 0 Å². The van der Waals surface area contributed by atoms with Gasteiger partial charge in [-0.1, -0.05) is 201 Å². The zero-order valence-corrected chi connectivity index (χ0v) is 44.3. The lowest BCUT2D eigenvalue weighted by molar-refractivity contribution is 0.761. The fourth-order valence-electron chi connectivity index (χ4n) is 13.8. The molecular formula is C75H58N4. The Balaban J connectivity index is 0.848. The maximum Gasteiger partial charge on any atom is 0.0719 e. The number of rotatable bonds is 9. The van der Waals surface area contributed by atoms with Crippen molar-refractivity contribution in [1.82, 2.24) is 0 Å². The molecule has 0 bridgehead atoms. The van der Waals surface area contributed by atoms with Crippen LogP contribution in [0.1, 0.15) is 55.7 Å². The number of hydrogen-bond donors (Lipinski definition) is 0. The van der Waals surface area contributed by atoms with Crippen molar-refractivity contribution < 1.29 is 0 Å². The van der Waals surface area contributed by atoms with Crippen LogP contribution in [0.2, 0.25) is 0 Å². The third kappa shape index (κ3) is 7.21. The summed E-state index contributed by atoms with van der Waals surface area (Å²) in [7, 11) is 0. The second-order valence-corrected chi connectivity index (χ2v) is 21.2. The highest BCUT2D eigenvalue weighted by Gasteiger charge is 2.54. The van der Waals surface area contributed by atoms with Crippen LogP contribution in [0.15, 0.2) is 295 Å². The summed E-state index contributed by atoms with van der Waals surface area (Å²) in [6.45, 7) is 2.31. The van der Waals surface area contributed by atoms with Crippen molar-refractivity contribution in [2.24, 2.45) is 0 Å². The summed E-state index contributed by atoms with van der Waals surface area (Å²) in [4.78, 5) is 9.86. The van der Waals surface area contributed by atoms with E-state index in [1.165, 1.54) is 89.3 Å². The van der Waals surface area contributed by atoms with Crippen LogP contribution < -0.4 is 19.6 Å². The number of anilines is 11. The van der Waals surface area contributed by atoms with Crippen molar-refractivity contribution in [3.8, 4) is 11.1 Å². The van der Waals surface area contributed by atoms with Crippen molar-refractivity contribution >= 4 is 79.4 Å². The van der Waals surface area contributed by atoms with Gasteiger partial charge in [-0.25, -0.2) is 0 Å². The summed E-state index contributed by atoms with van der Waals surface area (Å²) in [5.41, 5.74) is 26.0. The van der Waals surface area contributed by atoms with Crippen LogP contribution in [0.5, 0.6) is 0 Å². The molecule has 0 aromatic heterocycles. The van der Waals surface area contributed by atoms with Crippen molar-refractivity contribution in [3.05, 3.63) is 312 Å². The summed E-state index contributed by atoms with van der Waals surface area (Å²) in [6.07, 6.45) is 17.3. The molecule has 378 valence electrons. The zero-order valence-electron chi connectivity index (χ0n) is 44.3. The molecule has 2 aliphatic heterocycles. The van der Waals surface area contributed by atoms with Gasteiger partial charge in [-0.05, 0) is 166 Å². The maximum absolute atomic E-state index is 2.62. The number of benzene rings is 10. The second kappa shape index (κ2) is 19.1. The molecule has 4 nitrogen and oxygen atoms in total. The summed E-state index contributed by atoms with van der Waals surface area (Å²) < 4.78 is 0. The maximum atomic E-state index is 2.62. The van der Waals surface area contributed by atoms with E-state index in [2.05, 4.69) is 300 Å². The van der Waals surface area contributed by atoms with E-state index in [1.807, 2.05) is 0 Å². The first-order valence-corrected chi connectivity index (χ1v) is 28.1. The molecule has 0 saturated carbocycles. The van der Waals surface area contributed by atoms with Crippen LogP contribution in [0.4, 0.5) is 62.6 Å². The second-order valence-electron chi connectivity index (χ2n) is 21.2. The van der Waals surface area contributed by atoms with Gasteiger partial charge in [0.2, 0.25) is 0 Å². The SMILES string of the molecule is CCC/C=C1/C2=C(C=C(N3c4ccccc4N(c4ccccc4)c4ccccc43)CC2)C2(/C1=C/C/C=C/c1ccc(N3c4ccccc4N(c4ccccc4)c4ccccc43)c3ccccc13)c1ccccc1-c1ccccc12. The van der Waals surface area contributed by atoms with Crippen LogP contribution in [-0.4, -0.2) is 0 Å². The molecular weight excluding hydrogens is 957 g/mol. The van der Waals surface area contributed by atoms with Crippen LogP contribution in [-0.2, 0) is 5.41 Å². The Morgan fingerprint density at radius 2 is 0.861 bits per heavy atom. The number of allylic oxidation sites excluding steroid dienone is 9. The molecule has 0 saturated heterocycles. The van der Waals surface area contributed by atoms with E-state index in [9.17, 15) is 0 Å². The van der Waals surface area contributed by atoms with Crippen LogP contribution in [0, 0.1) is 0 Å². The molecule has 0 atom stereocenters. The van der Waals surface area contributed by atoms with Gasteiger partial charge in [-0.3, -0.25) is 0 Å². The zero-order chi connectivity index (χ0) is 52.4. The predicted octanol–water partition coefficient (Wildman–Crippen LogP) is 20.7. The van der Waals surface area contributed by atoms with Gasteiger partial charge in [-0.15, -0.1) is 0 Å². The van der Waals surface area contributed by atoms with E-state index in [0.29, 0.717) is 0 Å². The molecule has 0 unspecified atom stereocenters. The average molecular weight is 1020 g/mol. The number of unbranched alkanes of at least 4 members (excludes halogenated alkanes) is 1. The Bertz CT molecular complexity index is 4070. The van der Waals surface area contributed by atoms with E-state index in [-0.39, 0.29) is 0 Å². The Labute approximate surface area is 463 Å². The van der Waals surface area contributed by atoms with Gasteiger partial charge in [0, 0.05) is 22.5 Å². The minimum atomic E-state index is -0.488. The minimum absolute atomic E-state index is 0.488. The first kappa shape index (κ1) is 46.6.